The molecule has 0 radical (unpaired) electrons. The molecule has 3 N–H and O–H groups in total. The van der Waals surface area contributed by atoms with Crippen LogP contribution in [0.25, 0.3) is 0 Å². The van der Waals surface area contributed by atoms with Crippen LogP contribution in [-0.2, 0) is 9.53 Å². The third-order valence-corrected chi connectivity index (χ3v) is 2.96. The van der Waals surface area contributed by atoms with Gasteiger partial charge in [-0.3, -0.25) is 4.79 Å². The Labute approximate surface area is 97.9 Å². The third-order valence-electron chi connectivity index (χ3n) is 2.96. The Morgan fingerprint density at radius 3 is 2.81 bits per heavy atom. The van der Waals surface area contributed by atoms with Crippen molar-refractivity contribution in [2.45, 2.75) is 39.2 Å². The van der Waals surface area contributed by atoms with Gasteiger partial charge in [-0.15, -0.1) is 0 Å². The molecule has 94 valence electrons. The van der Waals surface area contributed by atoms with Crippen molar-refractivity contribution in [1.29, 1.82) is 0 Å². The highest BCUT2D eigenvalue weighted by Gasteiger charge is 2.23. The van der Waals surface area contributed by atoms with Gasteiger partial charge in [-0.25, -0.2) is 0 Å². The molecule has 2 atom stereocenters. The predicted octanol–water partition coefficient (Wildman–Crippen LogP) is 0.903. The normalized spacial score (nSPS) is 23.1. The number of nitrogens with two attached hydrogens (primary N) is 1. The molecule has 1 aliphatic heterocycles. The Morgan fingerprint density at radius 1 is 1.56 bits per heavy atom. The maximum Gasteiger partial charge on any atom is 0.224 e. The van der Waals surface area contributed by atoms with Crippen LogP contribution in [0.1, 0.15) is 33.1 Å². The Bertz CT molecular complexity index is 213. The first kappa shape index (κ1) is 13.5. The average Bonchev–Trinajstić information content (AvgIpc) is 2.26. The van der Waals surface area contributed by atoms with Gasteiger partial charge < -0.3 is 15.8 Å². The summed E-state index contributed by atoms with van der Waals surface area (Å²) in [5, 5.41) is 2.92. The quantitative estimate of drug-likeness (QED) is 0.735. The molecular formula is C12H24N2O2. The van der Waals surface area contributed by atoms with Crippen LogP contribution in [-0.4, -0.2) is 31.7 Å². The van der Waals surface area contributed by atoms with E-state index in [0.717, 1.165) is 32.5 Å². The van der Waals surface area contributed by atoms with Crippen molar-refractivity contribution in [1.82, 2.24) is 5.32 Å². The van der Waals surface area contributed by atoms with Crippen LogP contribution in [0.2, 0.25) is 0 Å². The van der Waals surface area contributed by atoms with Crippen LogP contribution in [0.4, 0.5) is 0 Å². The summed E-state index contributed by atoms with van der Waals surface area (Å²) in [7, 11) is 0. The minimum Gasteiger partial charge on any atom is -0.381 e. The van der Waals surface area contributed by atoms with Crippen molar-refractivity contribution in [3.05, 3.63) is 0 Å². The summed E-state index contributed by atoms with van der Waals surface area (Å²) >= 11 is 0. The highest BCUT2D eigenvalue weighted by atomic mass is 16.5. The molecule has 0 aliphatic carbocycles. The Morgan fingerprint density at radius 2 is 2.31 bits per heavy atom. The molecule has 0 aromatic rings. The SMILES string of the molecule is CC(C)NC(=O)C(CN)CC1CCCOC1. The minimum atomic E-state index is -0.0610. The smallest absolute Gasteiger partial charge is 0.224 e. The van der Waals surface area contributed by atoms with Crippen LogP contribution in [0.15, 0.2) is 0 Å². The fraction of sp³-hybridized carbons (Fsp3) is 0.917. The second-order valence-electron chi connectivity index (χ2n) is 4.91. The molecule has 1 saturated heterocycles. The van der Waals surface area contributed by atoms with E-state index in [2.05, 4.69) is 5.32 Å². The van der Waals surface area contributed by atoms with Gasteiger partial charge in [0.25, 0.3) is 0 Å². The summed E-state index contributed by atoms with van der Waals surface area (Å²) in [4.78, 5) is 11.8. The Balaban J connectivity index is 2.37. The summed E-state index contributed by atoms with van der Waals surface area (Å²) < 4.78 is 5.42. The highest BCUT2D eigenvalue weighted by molar-refractivity contribution is 5.79. The fourth-order valence-corrected chi connectivity index (χ4v) is 2.11. The lowest BCUT2D eigenvalue weighted by atomic mass is 9.90. The van der Waals surface area contributed by atoms with Gasteiger partial charge in [0, 0.05) is 25.8 Å². The summed E-state index contributed by atoms with van der Waals surface area (Å²) in [5.41, 5.74) is 5.66. The van der Waals surface area contributed by atoms with Crippen molar-refractivity contribution in [2.75, 3.05) is 19.8 Å². The van der Waals surface area contributed by atoms with Crippen molar-refractivity contribution in [2.24, 2.45) is 17.6 Å². The van der Waals surface area contributed by atoms with Crippen LogP contribution < -0.4 is 11.1 Å². The van der Waals surface area contributed by atoms with Gasteiger partial charge in [0.1, 0.15) is 0 Å². The van der Waals surface area contributed by atoms with Crippen molar-refractivity contribution >= 4 is 5.91 Å². The molecule has 1 fully saturated rings. The highest BCUT2D eigenvalue weighted by Crippen LogP contribution is 2.21. The zero-order valence-electron chi connectivity index (χ0n) is 10.4. The van der Waals surface area contributed by atoms with Crippen LogP contribution in [0, 0.1) is 11.8 Å². The van der Waals surface area contributed by atoms with Crippen LogP contribution >= 0.6 is 0 Å². The van der Waals surface area contributed by atoms with Crippen LogP contribution in [0.5, 0.6) is 0 Å². The summed E-state index contributed by atoms with van der Waals surface area (Å²) in [6.45, 7) is 6.01. The molecule has 4 heteroatoms. The molecule has 1 rings (SSSR count). The van der Waals surface area contributed by atoms with Gasteiger partial charge in [-0.05, 0) is 39.0 Å². The van der Waals surface area contributed by atoms with Gasteiger partial charge in [0.15, 0.2) is 0 Å². The van der Waals surface area contributed by atoms with Gasteiger partial charge in [-0.2, -0.15) is 0 Å². The molecule has 0 spiro atoms. The van der Waals surface area contributed by atoms with Gasteiger partial charge in [-0.1, -0.05) is 0 Å². The largest absolute Gasteiger partial charge is 0.381 e. The maximum absolute atomic E-state index is 11.8. The first-order chi connectivity index (χ1) is 7.63. The standard InChI is InChI=1S/C12H24N2O2/c1-9(2)14-12(15)11(7-13)6-10-4-3-5-16-8-10/h9-11H,3-8,13H2,1-2H3,(H,14,15). The predicted molar refractivity (Wildman–Crippen MR) is 64.0 cm³/mol. The van der Waals surface area contributed by atoms with Crippen LogP contribution in [0.3, 0.4) is 0 Å². The molecule has 2 unspecified atom stereocenters. The molecule has 16 heavy (non-hydrogen) atoms. The summed E-state index contributed by atoms with van der Waals surface area (Å²) in [6.07, 6.45) is 3.12. The molecular weight excluding hydrogens is 204 g/mol. The van der Waals surface area contributed by atoms with E-state index in [1.54, 1.807) is 0 Å². The van der Waals surface area contributed by atoms with E-state index >= 15 is 0 Å². The maximum atomic E-state index is 11.8. The van der Waals surface area contributed by atoms with E-state index in [4.69, 9.17) is 10.5 Å². The molecule has 0 saturated carbocycles. The molecule has 0 bridgehead atoms. The Kier molecular flexibility index (Phi) is 5.77. The zero-order valence-corrected chi connectivity index (χ0v) is 10.4. The third kappa shape index (κ3) is 4.49. The minimum absolute atomic E-state index is 0.0610. The van der Waals surface area contributed by atoms with E-state index in [1.807, 2.05) is 13.8 Å². The number of carbonyl (C=O) groups is 1. The molecule has 4 nitrogen and oxygen atoms in total. The second-order valence-corrected chi connectivity index (χ2v) is 4.91. The number of ether oxygens (including phenoxy) is 1. The summed E-state index contributed by atoms with van der Waals surface area (Å²) in [5.74, 6) is 0.525. The topological polar surface area (TPSA) is 64.4 Å². The molecule has 0 aromatic carbocycles. The number of hydrogen-bond donors (Lipinski definition) is 2. The molecule has 1 heterocycles. The van der Waals surface area contributed by atoms with E-state index in [0.29, 0.717) is 12.5 Å². The van der Waals surface area contributed by atoms with E-state index in [9.17, 15) is 4.79 Å². The van der Waals surface area contributed by atoms with E-state index < -0.39 is 0 Å². The first-order valence-electron chi connectivity index (χ1n) is 6.21. The zero-order chi connectivity index (χ0) is 12.0. The van der Waals surface area contributed by atoms with Crippen molar-refractivity contribution in [3.8, 4) is 0 Å². The monoisotopic (exact) mass is 228 g/mol. The van der Waals surface area contributed by atoms with Gasteiger partial charge in [0.05, 0.1) is 5.92 Å². The Hall–Kier alpha value is -0.610. The molecule has 0 aromatic heterocycles. The average molecular weight is 228 g/mol. The molecule has 1 aliphatic rings. The lowest BCUT2D eigenvalue weighted by Crippen LogP contribution is -2.40. The lowest BCUT2D eigenvalue weighted by Gasteiger charge is -2.26. The number of nitrogens with one attached hydrogen (secondary N) is 1. The fourth-order valence-electron chi connectivity index (χ4n) is 2.11. The summed E-state index contributed by atoms with van der Waals surface area (Å²) in [6, 6.07) is 0.184. The number of amides is 1. The van der Waals surface area contributed by atoms with Crippen molar-refractivity contribution < 1.29 is 9.53 Å². The lowest BCUT2D eigenvalue weighted by molar-refractivity contribution is -0.126. The number of carbonyl (C=O) groups excluding carboxylic acids is 1. The van der Waals surface area contributed by atoms with Crippen molar-refractivity contribution in [3.63, 3.8) is 0 Å². The number of rotatable bonds is 5. The van der Waals surface area contributed by atoms with E-state index in [-0.39, 0.29) is 17.9 Å². The molecule has 1 amide bonds. The van der Waals surface area contributed by atoms with Gasteiger partial charge in [0.2, 0.25) is 5.91 Å². The second kappa shape index (κ2) is 6.86. The van der Waals surface area contributed by atoms with E-state index in [1.165, 1.54) is 0 Å². The number of hydrogen-bond acceptors (Lipinski definition) is 3. The first-order valence-corrected chi connectivity index (χ1v) is 6.21. The van der Waals surface area contributed by atoms with Gasteiger partial charge >= 0.3 is 0 Å².